The van der Waals surface area contributed by atoms with Gasteiger partial charge in [-0.2, -0.15) is 0 Å². The van der Waals surface area contributed by atoms with E-state index in [0.29, 0.717) is 18.0 Å². The highest BCUT2D eigenvalue weighted by Crippen LogP contribution is 2.41. The maximum atomic E-state index is 14.1. The van der Waals surface area contributed by atoms with Crippen molar-refractivity contribution in [1.29, 1.82) is 0 Å². The zero-order valence-electron chi connectivity index (χ0n) is 17.2. The Labute approximate surface area is 173 Å². The molecule has 0 aliphatic carbocycles. The van der Waals surface area contributed by atoms with Crippen molar-refractivity contribution in [3.8, 4) is 17.2 Å². The zero-order valence-corrected chi connectivity index (χ0v) is 19.8. The highest BCUT2D eigenvalue weighted by atomic mass is 79.9. The lowest BCUT2D eigenvalue weighted by atomic mass is 9.81. The smallest absolute Gasteiger partial charge is 0.154 e. The third-order valence-corrected chi connectivity index (χ3v) is 6.59. The Hall–Kier alpha value is -1.32. The molecule has 1 atom stereocenters. The van der Waals surface area contributed by atoms with Crippen LogP contribution in [-0.4, -0.2) is 21.7 Å². The molecule has 0 saturated carbocycles. The summed E-state index contributed by atoms with van der Waals surface area (Å²) in [6.07, 6.45) is 9.66. The summed E-state index contributed by atoms with van der Waals surface area (Å²) in [5.41, 5.74) is 4.69. The maximum absolute atomic E-state index is 14.1. The van der Waals surface area contributed by atoms with Gasteiger partial charge < -0.3 is 14.6 Å². The number of rotatable bonds is 4. The molecule has 0 fully saturated rings. The summed E-state index contributed by atoms with van der Waals surface area (Å²) < 4.78 is 5.71. The maximum Gasteiger partial charge on any atom is 0.154 e. The number of hydrogen-bond donors (Lipinski definition) is 0. The molecular formula is C22H30BrNO2Si. The van der Waals surface area contributed by atoms with Crippen LogP contribution in [-0.2, 0) is 0 Å². The Kier molecular flexibility index (Phi) is 6.80. The van der Waals surface area contributed by atoms with Crippen molar-refractivity contribution in [2.75, 3.05) is 13.7 Å². The fourth-order valence-electron chi connectivity index (χ4n) is 3.26. The molecule has 2 rings (SSSR count). The van der Waals surface area contributed by atoms with Gasteiger partial charge in [0.25, 0.3) is 0 Å². The number of nitrogens with zero attached hydrogens (tertiary/aromatic N) is 1. The highest BCUT2D eigenvalue weighted by molar-refractivity contribution is 9.10. The lowest BCUT2D eigenvalue weighted by Crippen LogP contribution is -2.45. The van der Waals surface area contributed by atoms with Crippen molar-refractivity contribution in [2.45, 2.75) is 46.3 Å². The highest BCUT2D eigenvalue weighted by Gasteiger charge is 2.35. The predicted octanol–water partition coefficient (Wildman–Crippen LogP) is 6.38. The molecular weight excluding hydrogens is 418 g/mol. The van der Waals surface area contributed by atoms with Crippen molar-refractivity contribution in [1.82, 2.24) is 4.65 Å². The molecule has 1 aromatic rings. The van der Waals surface area contributed by atoms with E-state index in [9.17, 15) is 5.21 Å². The average Bonchev–Trinajstić information content (AvgIpc) is 2.79. The third-order valence-electron chi connectivity index (χ3n) is 5.10. The van der Waals surface area contributed by atoms with E-state index in [4.69, 9.17) is 4.74 Å². The topological polar surface area (TPSA) is 32.3 Å². The molecule has 5 heteroatoms. The minimum absolute atomic E-state index is 0.124. The van der Waals surface area contributed by atoms with Gasteiger partial charge in [0, 0.05) is 17.5 Å². The van der Waals surface area contributed by atoms with Crippen LogP contribution in [0.4, 0.5) is 5.69 Å². The van der Waals surface area contributed by atoms with Gasteiger partial charge in [0.05, 0.1) is 23.7 Å². The van der Waals surface area contributed by atoms with Crippen LogP contribution in [0.5, 0.6) is 5.75 Å². The molecule has 0 spiro atoms. The average molecular weight is 448 g/mol. The number of quaternary nitrogens is 1. The number of methoxy groups -OCH3 is 1. The van der Waals surface area contributed by atoms with Crippen LogP contribution >= 0.6 is 15.9 Å². The lowest BCUT2D eigenvalue weighted by Gasteiger charge is -2.44. The van der Waals surface area contributed by atoms with Gasteiger partial charge in [0.1, 0.15) is 20.0 Å². The van der Waals surface area contributed by atoms with Crippen LogP contribution in [0.2, 0.25) is 19.6 Å². The summed E-state index contributed by atoms with van der Waals surface area (Å²) in [6.45, 7) is 11.4. The van der Waals surface area contributed by atoms with Crippen LogP contribution < -0.4 is 9.38 Å². The van der Waals surface area contributed by atoms with E-state index in [0.717, 1.165) is 22.9 Å². The first kappa shape index (κ1) is 22.0. The van der Waals surface area contributed by atoms with Crippen molar-refractivity contribution >= 4 is 29.7 Å². The van der Waals surface area contributed by atoms with Crippen LogP contribution in [0.3, 0.4) is 0 Å². The molecule has 0 saturated heterocycles. The number of halogens is 1. The van der Waals surface area contributed by atoms with Crippen LogP contribution in [0, 0.1) is 22.1 Å². The van der Waals surface area contributed by atoms with Crippen molar-refractivity contribution in [3.63, 3.8) is 0 Å². The number of ether oxygens (including phenoxy) is 1. The molecule has 3 nitrogen and oxygen atoms in total. The first-order valence-electron chi connectivity index (χ1n) is 9.45. The van der Waals surface area contributed by atoms with Gasteiger partial charge in [-0.3, -0.25) is 0 Å². The quantitative estimate of drug-likeness (QED) is 0.232. The molecule has 1 unspecified atom stereocenters. The summed E-state index contributed by atoms with van der Waals surface area (Å²) in [7, 11) is 0.0480. The van der Waals surface area contributed by atoms with E-state index >= 15 is 0 Å². The summed E-state index contributed by atoms with van der Waals surface area (Å²) in [4.78, 5) is 0. The van der Waals surface area contributed by atoms with E-state index in [2.05, 4.69) is 67.0 Å². The molecule has 27 heavy (non-hydrogen) atoms. The summed E-state index contributed by atoms with van der Waals surface area (Å²) in [5.74, 6) is 4.00. The molecule has 146 valence electrons. The van der Waals surface area contributed by atoms with Gasteiger partial charge in [0.2, 0.25) is 0 Å². The van der Waals surface area contributed by atoms with Gasteiger partial charge in [0.15, 0.2) is 5.69 Å². The normalized spacial score (nSPS) is 21.3. The van der Waals surface area contributed by atoms with E-state index in [1.54, 1.807) is 13.3 Å². The third kappa shape index (κ3) is 5.14. The first-order chi connectivity index (χ1) is 12.6. The first-order valence-corrected chi connectivity index (χ1v) is 13.7. The summed E-state index contributed by atoms with van der Waals surface area (Å²) >= 11 is 3.55. The zero-order chi connectivity index (χ0) is 20.3. The number of hydrogen-bond acceptors (Lipinski definition) is 2. The SMILES string of the molecule is CCC1(CC)C=CC=C[N+]([O-])(c2cc(Br)c(OC)cc2C#C[Si](C)(C)C)C1. The van der Waals surface area contributed by atoms with Crippen molar-refractivity contribution < 1.29 is 4.74 Å². The fourth-order valence-corrected chi connectivity index (χ4v) is 4.27. The Morgan fingerprint density at radius 2 is 1.89 bits per heavy atom. The molecule has 1 aliphatic rings. The molecule has 0 aromatic heterocycles. The Morgan fingerprint density at radius 3 is 2.44 bits per heavy atom. The molecule has 1 heterocycles. The van der Waals surface area contributed by atoms with Crippen molar-refractivity contribution in [3.05, 3.63) is 51.8 Å². The number of benzene rings is 1. The Morgan fingerprint density at radius 1 is 1.22 bits per heavy atom. The number of hydroxylamine groups is 2. The molecule has 0 radical (unpaired) electrons. The lowest BCUT2D eigenvalue weighted by molar-refractivity contribution is 0.273. The van der Waals surface area contributed by atoms with Crippen LogP contribution in [0.25, 0.3) is 0 Å². The molecule has 0 bridgehead atoms. The van der Waals surface area contributed by atoms with Gasteiger partial charge in [-0.1, -0.05) is 51.6 Å². The van der Waals surface area contributed by atoms with E-state index in [-0.39, 0.29) is 5.41 Å². The van der Waals surface area contributed by atoms with Gasteiger partial charge >= 0.3 is 0 Å². The Balaban J connectivity index is 2.67. The molecule has 0 amide bonds. The number of allylic oxidation sites excluding steroid dienone is 2. The van der Waals surface area contributed by atoms with E-state index < -0.39 is 12.7 Å². The monoisotopic (exact) mass is 447 g/mol. The fraction of sp³-hybridized carbons (Fsp3) is 0.455. The largest absolute Gasteiger partial charge is 0.622 e. The summed E-state index contributed by atoms with van der Waals surface area (Å²) in [6, 6.07) is 3.77. The van der Waals surface area contributed by atoms with Crippen LogP contribution in [0.15, 0.2) is 41.0 Å². The van der Waals surface area contributed by atoms with Gasteiger partial charge in [-0.15, -0.1) is 5.54 Å². The second kappa shape index (κ2) is 8.36. The molecule has 1 aromatic carbocycles. The van der Waals surface area contributed by atoms with Crippen molar-refractivity contribution in [2.24, 2.45) is 5.41 Å². The van der Waals surface area contributed by atoms with Gasteiger partial charge in [-0.25, -0.2) is 0 Å². The minimum Gasteiger partial charge on any atom is -0.622 e. The van der Waals surface area contributed by atoms with Crippen LogP contribution in [0.1, 0.15) is 32.3 Å². The van der Waals surface area contributed by atoms with Gasteiger partial charge in [-0.05, 0) is 34.8 Å². The summed E-state index contributed by atoms with van der Waals surface area (Å²) in [5, 5.41) is 14.1. The molecule has 0 N–H and O–H groups in total. The standard InChI is InChI=1S/C22H30BrNO2Si/c1-7-22(8-2)12-9-10-13-24(25,17-22)20-16-19(23)21(26-3)15-18(20)11-14-27(4,5)6/h9-10,12-13,15-16H,7-8,17H2,1-6H3. The molecule has 1 aliphatic heterocycles. The minimum atomic E-state index is -1.58. The predicted molar refractivity (Wildman–Crippen MR) is 122 cm³/mol. The second-order valence-electron chi connectivity index (χ2n) is 8.23. The second-order valence-corrected chi connectivity index (χ2v) is 13.8. The van der Waals surface area contributed by atoms with E-state index in [1.165, 1.54) is 0 Å². The van der Waals surface area contributed by atoms with E-state index in [1.807, 2.05) is 24.3 Å². The Bertz CT molecular complexity index is 810.